The molecule has 0 bridgehead atoms. The van der Waals surface area contributed by atoms with Crippen molar-refractivity contribution >= 4 is 16.7 Å². The van der Waals surface area contributed by atoms with Gasteiger partial charge in [-0.3, -0.25) is 4.79 Å². The summed E-state index contributed by atoms with van der Waals surface area (Å²) in [5, 5.41) is 9.25. The number of pyridine rings is 1. The average molecular weight is 302 g/mol. The second kappa shape index (κ2) is 5.10. The Morgan fingerprint density at radius 1 is 1.45 bits per heavy atom. The molecule has 3 rings (SSSR count). The number of carboxylic acid groups (broad SMARTS) is 1. The van der Waals surface area contributed by atoms with Gasteiger partial charge >= 0.3 is 5.97 Å². The minimum atomic E-state index is -1.23. The van der Waals surface area contributed by atoms with Crippen LogP contribution in [0.4, 0.5) is 4.39 Å². The average Bonchev–Trinajstić information content (AvgIpc) is 2.96. The lowest BCUT2D eigenvalue weighted by Crippen LogP contribution is -2.27. The van der Waals surface area contributed by atoms with Crippen LogP contribution in [0.3, 0.4) is 0 Å². The van der Waals surface area contributed by atoms with E-state index in [2.05, 4.69) is 4.98 Å². The van der Waals surface area contributed by atoms with Crippen LogP contribution in [0.1, 0.15) is 21.9 Å². The van der Waals surface area contributed by atoms with Crippen molar-refractivity contribution in [2.45, 2.75) is 13.5 Å². The van der Waals surface area contributed by atoms with Crippen LogP contribution in [0.2, 0.25) is 0 Å². The fourth-order valence-corrected chi connectivity index (χ4v) is 2.49. The van der Waals surface area contributed by atoms with E-state index >= 15 is 0 Å². The third-order valence-corrected chi connectivity index (χ3v) is 3.50. The summed E-state index contributed by atoms with van der Waals surface area (Å²) in [7, 11) is 0. The van der Waals surface area contributed by atoms with Crippen molar-refractivity contribution < 1.29 is 18.7 Å². The van der Waals surface area contributed by atoms with E-state index < -0.39 is 17.3 Å². The first kappa shape index (κ1) is 14.0. The monoisotopic (exact) mass is 302 g/mol. The molecule has 0 saturated carbocycles. The molecular formula is C15H11FN2O4. The van der Waals surface area contributed by atoms with Crippen LogP contribution in [0.15, 0.2) is 39.9 Å². The van der Waals surface area contributed by atoms with Gasteiger partial charge in [-0.1, -0.05) is 12.1 Å². The third kappa shape index (κ3) is 2.07. The second-order valence-corrected chi connectivity index (χ2v) is 4.75. The number of fused-ring (bicyclic) bond motifs is 1. The van der Waals surface area contributed by atoms with Crippen LogP contribution < -0.4 is 5.56 Å². The molecule has 3 aromatic rings. The van der Waals surface area contributed by atoms with Crippen molar-refractivity contribution in [3.8, 4) is 0 Å². The van der Waals surface area contributed by atoms with Crippen molar-refractivity contribution in [3.63, 3.8) is 0 Å². The number of benzene rings is 1. The lowest BCUT2D eigenvalue weighted by molar-refractivity contribution is 0.0697. The maximum Gasteiger partial charge on any atom is 0.338 e. The summed E-state index contributed by atoms with van der Waals surface area (Å²) in [6, 6.07) is 3.92. The Balaban J connectivity index is 2.40. The quantitative estimate of drug-likeness (QED) is 0.801. The van der Waals surface area contributed by atoms with Crippen LogP contribution >= 0.6 is 0 Å². The van der Waals surface area contributed by atoms with Crippen LogP contribution in [0.5, 0.6) is 0 Å². The second-order valence-electron chi connectivity index (χ2n) is 4.75. The number of rotatable bonds is 3. The largest absolute Gasteiger partial charge is 0.478 e. The SMILES string of the molecule is Cc1c(C(=O)O)c2cccc(F)c2c(=O)n1Cc1ncco1. The molecule has 6 nitrogen and oxygen atoms in total. The zero-order chi connectivity index (χ0) is 15.9. The molecule has 0 aliphatic heterocycles. The lowest BCUT2D eigenvalue weighted by Gasteiger charge is -2.14. The number of aromatic carboxylic acids is 1. The first-order valence-electron chi connectivity index (χ1n) is 6.44. The molecule has 2 heterocycles. The molecule has 0 radical (unpaired) electrons. The highest BCUT2D eigenvalue weighted by Gasteiger charge is 2.21. The van der Waals surface area contributed by atoms with Gasteiger partial charge in [-0.05, 0) is 13.0 Å². The van der Waals surface area contributed by atoms with Gasteiger partial charge in [0.2, 0.25) is 5.89 Å². The maximum absolute atomic E-state index is 14.0. The number of carboxylic acids is 1. The summed E-state index contributed by atoms with van der Waals surface area (Å²) >= 11 is 0. The molecule has 0 amide bonds. The van der Waals surface area contributed by atoms with Gasteiger partial charge in [0.15, 0.2) is 0 Å². The Bertz CT molecular complexity index is 929. The van der Waals surface area contributed by atoms with Crippen molar-refractivity contribution in [1.82, 2.24) is 9.55 Å². The van der Waals surface area contributed by atoms with Gasteiger partial charge < -0.3 is 14.1 Å². The lowest BCUT2D eigenvalue weighted by atomic mass is 10.0. The molecule has 7 heteroatoms. The molecule has 0 atom stereocenters. The number of halogens is 1. The molecule has 0 aliphatic carbocycles. The highest BCUT2D eigenvalue weighted by Crippen LogP contribution is 2.22. The molecule has 0 spiro atoms. The highest BCUT2D eigenvalue weighted by molar-refractivity contribution is 6.04. The van der Waals surface area contributed by atoms with E-state index in [0.29, 0.717) is 0 Å². The first-order valence-corrected chi connectivity index (χ1v) is 6.44. The van der Waals surface area contributed by atoms with Gasteiger partial charge in [0.05, 0.1) is 17.1 Å². The number of carbonyl (C=O) groups is 1. The Labute approximate surface area is 123 Å². The van der Waals surface area contributed by atoms with Crippen LogP contribution in [-0.2, 0) is 6.54 Å². The van der Waals surface area contributed by atoms with Crippen molar-refractivity contribution in [2.75, 3.05) is 0 Å². The minimum absolute atomic E-state index is 0.0672. The van der Waals surface area contributed by atoms with Crippen LogP contribution in [-0.4, -0.2) is 20.6 Å². The molecule has 0 saturated heterocycles. The standard InChI is InChI=1S/C15H11FN2O4/c1-8-12(15(20)21)9-3-2-4-10(16)13(9)14(19)18(8)7-11-17-5-6-22-11/h2-6H,7H2,1H3,(H,20,21). The van der Waals surface area contributed by atoms with Gasteiger partial charge in [-0.25, -0.2) is 14.2 Å². The topological polar surface area (TPSA) is 85.3 Å². The van der Waals surface area contributed by atoms with Gasteiger partial charge in [0.25, 0.3) is 5.56 Å². The van der Waals surface area contributed by atoms with E-state index in [9.17, 15) is 19.1 Å². The third-order valence-electron chi connectivity index (χ3n) is 3.50. The summed E-state index contributed by atoms with van der Waals surface area (Å²) in [5.41, 5.74) is -0.511. The fourth-order valence-electron chi connectivity index (χ4n) is 2.49. The Kier molecular flexibility index (Phi) is 3.25. The van der Waals surface area contributed by atoms with Crippen molar-refractivity contribution in [1.29, 1.82) is 0 Å². The van der Waals surface area contributed by atoms with E-state index in [1.807, 2.05) is 0 Å². The highest BCUT2D eigenvalue weighted by atomic mass is 19.1. The predicted octanol–water partition coefficient (Wildman–Crippen LogP) is 2.18. The normalized spacial score (nSPS) is 11.0. The van der Waals surface area contributed by atoms with Gasteiger partial charge in [-0.2, -0.15) is 0 Å². The summed E-state index contributed by atoms with van der Waals surface area (Å²) in [5.74, 6) is -1.75. The van der Waals surface area contributed by atoms with Crippen LogP contribution in [0.25, 0.3) is 10.8 Å². The number of oxazole rings is 1. The summed E-state index contributed by atoms with van der Waals surface area (Å²) in [6.45, 7) is 1.43. The molecule has 2 aromatic heterocycles. The molecule has 22 heavy (non-hydrogen) atoms. The van der Waals surface area contributed by atoms with E-state index in [-0.39, 0.29) is 34.5 Å². The first-order chi connectivity index (χ1) is 10.5. The van der Waals surface area contributed by atoms with Gasteiger partial charge in [0.1, 0.15) is 18.6 Å². The van der Waals surface area contributed by atoms with E-state index in [1.165, 1.54) is 31.5 Å². The zero-order valence-corrected chi connectivity index (χ0v) is 11.5. The summed E-state index contributed by atoms with van der Waals surface area (Å²) in [4.78, 5) is 28.0. The predicted molar refractivity (Wildman–Crippen MR) is 75.5 cm³/mol. The zero-order valence-electron chi connectivity index (χ0n) is 11.5. The summed E-state index contributed by atoms with van der Waals surface area (Å²) in [6.07, 6.45) is 2.75. The molecule has 112 valence electrons. The number of aromatic nitrogens is 2. The number of hydrogen-bond acceptors (Lipinski definition) is 4. The summed E-state index contributed by atoms with van der Waals surface area (Å²) < 4.78 is 20.3. The molecule has 1 N–H and O–H groups in total. The van der Waals surface area contributed by atoms with E-state index in [1.54, 1.807) is 0 Å². The smallest absolute Gasteiger partial charge is 0.338 e. The van der Waals surface area contributed by atoms with Gasteiger partial charge in [0, 0.05) is 11.1 Å². The van der Waals surface area contributed by atoms with Crippen molar-refractivity contribution in [2.24, 2.45) is 0 Å². The van der Waals surface area contributed by atoms with Crippen LogP contribution in [0, 0.1) is 12.7 Å². The number of nitrogens with zero attached hydrogens (tertiary/aromatic N) is 2. The van der Waals surface area contributed by atoms with Crippen molar-refractivity contribution in [3.05, 3.63) is 64.0 Å². The van der Waals surface area contributed by atoms with Gasteiger partial charge in [-0.15, -0.1) is 0 Å². The molecule has 0 unspecified atom stereocenters. The van der Waals surface area contributed by atoms with E-state index in [4.69, 9.17) is 4.42 Å². The van der Waals surface area contributed by atoms with E-state index in [0.717, 1.165) is 10.6 Å². The fraction of sp³-hybridized carbons (Fsp3) is 0.133. The Hall–Kier alpha value is -2.96. The Morgan fingerprint density at radius 2 is 2.23 bits per heavy atom. The number of hydrogen-bond donors (Lipinski definition) is 1. The molecule has 0 fully saturated rings. The minimum Gasteiger partial charge on any atom is -0.478 e. The molecule has 1 aromatic carbocycles. The molecular weight excluding hydrogens is 291 g/mol. The maximum atomic E-state index is 14.0. The molecule has 0 aliphatic rings. The Morgan fingerprint density at radius 3 is 2.86 bits per heavy atom.